The van der Waals surface area contributed by atoms with E-state index in [1.807, 2.05) is 36.4 Å². The second-order valence-electron chi connectivity index (χ2n) is 7.36. The van der Waals surface area contributed by atoms with Gasteiger partial charge in [0.2, 0.25) is 0 Å². The van der Waals surface area contributed by atoms with Crippen LogP contribution in [0, 0.1) is 0 Å². The molecule has 1 aliphatic rings. The van der Waals surface area contributed by atoms with Gasteiger partial charge in [0.15, 0.2) is 0 Å². The van der Waals surface area contributed by atoms with Crippen LogP contribution >= 0.6 is 11.5 Å². The molecule has 6 heteroatoms. The molecular formula is C25H19NO4S. The summed E-state index contributed by atoms with van der Waals surface area (Å²) in [4.78, 5) is 23.1. The van der Waals surface area contributed by atoms with Gasteiger partial charge in [0.1, 0.15) is 29.6 Å². The molecule has 0 bridgehead atoms. The molecule has 1 N–H and O–H groups in total. The highest BCUT2D eigenvalue weighted by atomic mass is 32.1. The average molecular weight is 429 g/mol. The standard InChI is InChI=1S/C25H19NO4S/c27-15-16-4-8-18(9-5-16)29-22-3-1-2-20-21(22)12-13-23(20)30-19-10-6-17(7-11-19)24-14-25(28)26-31-24/h1-11,14-15,23H,12-13H2,(H,26,28). The van der Waals surface area contributed by atoms with E-state index in [4.69, 9.17) is 9.47 Å². The molecule has 0 amide bonds. The van der Waals surface area contributed by atoms with E-state index < -0.39 is 0 Å². The third-order valence-corrected chi connectivity index (χ3v) is 6.23. The highest BCUT2D eigenvalue weighted by Crippen LogP contribution is 2.41. The molecule has 1 unspecified atom stereocenters. The number of carbonyl (C=O) groups excluding carboxylic acids is 1. The van der Waals surface area contributed by atoms with Crippen LogP contribution in [0.3, 0.4) is 0 Å². The van der Waals surface area contributed by atoms with Crippen LogP contribution in [-0.2, 0) is 6.42 Å². The maximum atomic E-state index is 11.4. The number of aromatic nitrogens is 1. The largest absolute Gasteiger partial charge is 0.486 e. The zero-order chi connectivity index (χ0) is 21.2. The van der Waals surface area contributed by atoms with Gasteiger partial charge in [-0.3, -0.25) is 14.0 Å². The van der Waals surface area contributed by atoms with Crippen molar-refractivity contribution in [2.75, 3.05) is 0 Å². The van der Waals surface area contributed by atoms with Crippen LogP contribution in [0.25, 0.3) is 10.4 Å². The molecule has 0 saturated carbocycles. The maximum absolute atomic E-state index is 11.4. The normalized spacial score (nSPS) is 14.8. The van der Waals surface area contributed by atoms with Gasteiger partial charge in [0.05, 0.1) is 4.88 Å². The van der Waals surface area contributed by atoms with Gasteiger partial charge in [0, 0.05) is 17.2 Å². The van der Waals surface area contributed by atoms with Crippen molar-refractivity contribution < 1.29 is 14.3 Å². The maximum Gasteiger partial charge on any atom is 0.258 e. The lowest BCUT2D eigenvalue weighted by molar-refractivity contribution is 0.112. The number of rotatable bonds is 6. The Balaban J connectivity index is 1.33. The fraction of sp³-hybridized carbons (Fsp3) is 0.120. The number of aldehydes is 1. The third kappa shape index (κ3) is 4.02. The summed E-state index contributed by atoms with van der Waals surface area (Å²) in [5, 5.41) is 0. The molecule has 5 rings (SSSR count). The Hall–Kier alpha value is -3.64. The van der Waals surface area contributed by atoms with Crippen molar-refractivity contribution in [2.24, 2.45) is 0 Å². The Morgan fingerprint density at radius 1 is 0.968 bits per heavy atom. The van der Waals surface area contributed by atoms with E-state index in [9.17, 15) is 9.59 Å². The molecule has 0 fully saturated rings. The second-order valence-corrected chi connectivity index (χ2v) is 8.21. The first-order chi connectivity index (χ1) is 15.2. The van der Waals surface area contributed by atoms with Crippen molar-refractivity contribution in [3.8, 4) is 27.7 Å². The first kappa shape index (κ1) is 19.3. The van der Waals surface area contributed by atoms with E-state index in [1.165, 1.54) is 11.5 Å². The van der Waals surface area contributed by atoms with E-state index in [1.54, 1.807) is 30.3 Å². The fourth-order valence-electron chi connectivity index (χ4n) is 3.83. The van der Waals surface area contributed by atoms with Crippen molar-refractivity contribution in [1.82, 2.24) is 4.37 Å². The van der Waals surface area contributed by atoms with E-state index in [0.717, 1.165) is 52.2 Å². The van der Waals surface area contributed by atoms with E-state index in [-0.39, 0.29) is 11.7 Å². The highest BCUT2D eigenvalue weighted by molar-refractivity contribution is 7.09. The van der Waals surface area contributed by atoms with Gasteiger partial charge in [-0.1, -0.05) is 23.7 Å². The Kier molecular flexibility index (Phi) is 5.14. The first-order valence-corrected chi connectivity index (χ1v) is 10.8. The number of benzene rings is 3. The Morgan fingerprint density at radius 3 is 2.45 bits per heavy atom. The molecule has 31 heavy (non-hydrogen) atoms. The summed E-state index contributed by atoms with van der Waals surface area (Å²) in [5.41, 5.74) is 3.81. The summed E-state index contributed by atoms with van der Waals surface area (Å²) in [5.74, 6) is 2.31. The van der Waals surface area contributed by atoms with E-state index in [2.05, 4.69) is 10.4 Å². The lowest BCUT2D eigenvalue weighted by Gasteiger charge is -2.16. The predicted octanol–water partition coefficient (Wildman–Crippen LogP) is 5.77. The lowest BCUT2D eigenvalue weighted by Crippen LogP contribution is -2.03. The summed E-state index contributed by atoms with van der Waals surface area (Å²) in [6, 6.07) is 22.5. The number of hydrogen-bond acceptors (Lipinski definition) is 5. The topological polar surface area (TPSA) is 68.4 Å². The van der Waals surface area contributed by atoms with Crippen LogP contribution < -0.4 is 15.0 Å². The van der Waals surface area contributed by atoms with Gasteiger partial charge >= 0.3 is 0 Å². The predicted molar refractivity (Wildman–Crippen MR) is 120 cm³/mol. The van der Waals surface area contributed by atoms with Gasteiger partial charge < -0.3 is 9.47 Å². The minimum atomic E-state index is -0.0828. The summed E-state index contributed by atoms with van der Waals surface area (Å²) >= 11 is 1.33. The second kappa shape index (κ2) is 8.24. The van der Waals surface area contributed by atoms with Crippen molar-refractivity contribution in [1.29, 1.82) is 0 Å². The Labute approximate surface area is 183 Å². The van der Waals surface area contributed by atoms with Crippen molar-refractivity contribution in [3.63, 3.8) is 0 Å². The summed E-state index contributed by atoms with van der Waals surface area (Å²) in [6.45, 7) is 0. The van der Waals surface area contributed by atoms with Gasteiger partial charge in [-0.05, 0) is 78.6 Å². The smallest absolute Gasteiger partial charge is 0.258 e. The molecule has 0 spiro atoms. The highest BCUT2D eigenvalue weighted by Gasteiger charge is 2.27. The molecule has 1 aromatic heterocycles. The Morgan fingerprint density at radius 2 is 1.74 bits per heavy atom. The zero-order valence-electron chi connectivity index (χ0n) is 16.5. The number of fused-ring (bicyclic) bond motifs is 1. The lowest BCUT2D eigenvalue weighted by atomic mass is 10.1. The number of aromatic amines is 1. The van der Waals surface area contributed by atoms with Crippen LogP contribution in [0.2, 0.25) is 0 Å². The van der Waals surface area contributed by atoms with E-state index in [0.29, 0.717) is 11.3 Å². The van der Waals surface area contributed by atoms with Gasteiger partial charge in [-0.2, -0.15) is 0 Å². The molecule has 1 aliphatic carbocycles. The van der Waals surface area contributed by atoms with Gasteiger partial charge in [0.25, 0.3) is 5.56 Å². The number of ether oxygens (including phenoxy) is 2. The van der Waals surface area contributed by atoms with Crippen LogP contribution in [0.5, 0.6) is 17.2 Å². The fourth-order valence-corrected chi connectivity index (χ4v) is 4.52. The molecule has 4 aromatic rings. The number of H-pyrrole nitrogens is 1. The molecule has 154 valence electrons. The zero-order valence-corrected chi connectivity index (χ0v) is 17.4. The Bertz CT molecular complexity index is 1270. The number of hydrogen-bond donors (Lipinski definition) is 1. The van der Waals surface area contributed by atoms with Crippen LogP contribution in [0.4, 0.5) is 0 Å². The summed E-state index contributed by atoms with van der Waals surface area (Å²) < 4.78 is 15.1. The van der Waals surface area contributed by atoms with Gasteiger partial charge in [-0.15, -0.1) is 0 Å². The third-order valence-electron chi connectivity index (χ3n) is 5.36. The quantitative estimate of drug-likeness (QED) is 0.395. The molecule has 0 aliphatic heterocycles. The van der Waals surface area contributed by atoms with Crippen molar-refractivity contribution >= 4 is 17.8 Å². The summed E-state index contributed by atoms with van der Waals surface area (Å²) in [7, 11) is 0. The summed E-state index contributed by atoms with van der Waals surface area (Å²) in [6.07, 6.45) is 2.53. The molecular weight excluding hydrogens is 410 g/mol. The first-order valence-electron chi connectivity index (χ1n) is 10.00. The minimum Gasteiger partial charge on any atom is -0.486 e. The molecule has 5 nitrogen and oxygen atoms in total. The SMILES string of the molecule is O=Cc1ccc(Oc2cccc3c2CCC3Oc2ccc(-c3cc(=O)[nH]s3)cc2)cc1. The average Bonchev–Trinajstić information content (AvgIpc) is 3.42. The van der Waals surface area contributed by atoms with Crippen LogP contribution in [0.1, 0.15) is 34.0 Å². The molecule has 0 saturated heterocycles. The number of carbonyl (C=O) groups is 1. The molecule has 1 heterocycles. The molecule has 1 atom stereocenters. The molecule has 3 aromatic carbocycles. The van der Waals surface area contributed by atoms with Crippen molar-refractivity contribution in [3.05, 3.63) is 99.8 Å². The van der Waals surface area contributed by atoms with Crippen LogP contribution in [-0.4, -0.2) is 10.7 Å². The van der Waals surface area contributed by atoms with Crippen LogP contribution in [0.15, 0.2) is 77.6 Å². The molecule has 0 radical (unpaired) electrons. The van der Waals surface area contributed by atoms with Gasteiger partial charge in [-0.25, -0.2) is 0 Å². The monoisotopic (exact) mass is 429 g/mol. The number of nitrogens with one attached hydrogen (secondary N) is 1. The van der Waals surface area contributed by atoms with E-state index >= 15 is 0 Å². The minimum absolute atomic E-state index is 0.0369. The van der Waals surface area contributed by atoms with Crippen molar-refractivity contribution in [2.45, 2.75) is 18.9 Å².